The summed E-state index contributed by atoms with van der Waals surface area (Å²) in [5.74, 6) is -0.382. The molecule has 0 radical (unpaired) electrons. The molecule has 130 valence electrons. The van der Waals surface area contributed by atoms with Crippen LogP contribution in [0.5, 0.6) is 5.88 Å². The van der Waals surface area contributed by atoms with Gasteiger partial charge in [0, 0.05) is 6.21 Å². The van der Waals surface area contributed by atoms with Crippen LogP contribution < -0.4 is 11.2 Å². The molecule has 0 aliphatic rings. The summed E-state index contributed by atoms with van der Waals surface area (Å²) in [7, 11) is 0. The highest BCUT2D eigenvalue weighted by atomic mass is 16.3. The molecule has 0 fully saturated rings. The van der Waals surface area contributed by atoms with Crippen LogP contribution >= 0.6 is 0 Å². The number of nitrogens with one attached hydrogen (secondary N) is 1. The minimum Gasteiger partial charge on any atom is -0.494 e. The highest BCUT2D eigenvalue weighted by Gasteiger charge is 2.12. The Morgan fingerprint density at radius 3 is 2.35 bits per heavy atom. The predicted molar refractivity (Wildman–Crippen MR) is 102 cm³/mol. The fourth-order valence-corrected chi connectivity index (χ4v) is 2.42. The van der Waals surface area contributed by atoms with Crippen molar-refractivity contribution in [2.24, 2.45) is 4.99 Å². The van der Waals surface area contributed by atoms with Gasteiger partial charge in [0.05, 0.1) is 12.2 Å². The summed E-state index contributed by atoms with van der Waals surface area (Å²) < 4.78 is 1.12. The summed E-state index contributed by atoms with van der Waals surface area (Å²) in [6.07, 6.45) is 4.47. The minimum absolute atomic E-state index is 0.0000396. The molecular formula is C20H17N3O3. The van der Waals surface area contributed by atoms with E-state index in [1.807, 2.05) is 60.7 Å². The molecule has 0 bridgehead atoms. The molecule has 1 heterocycles. The zero-order valence-electron chi connectivity index (χ0n) is 13.9. The van der Waals surface area contributed by atoms with Crippen LogP contribution in [0, 0.1) is 0 Å². The zero-order valence-corrected chi connectivity index (χ0v) is 13.9. The lowest BCUT2D eigenvalue weighted by Crippen LogP contribution is -2.31. The summed E-state index contributed by atoms with van der Waals surface area (Å²) in [6.45, 7) is 0.154. The Labute approximate surface area is 149 Å². The van der Waals surface area contributed by atoms with Crippen molar-refractivity contribution in [1.29, 1.82) is 0 Å². The number of benzene rings is 2. The van der Waals surface area contributed by atoms with Gasteiger partial charge in [-0.2, -0.15) is 0 Å². The Bertz CT molecular complexity index is 1050. The van der Waals surface area contributed by atoms with Crippen molar-refractivity contribution in [3.8, 4) is 5.88 Å². The summed E-state index contributed by atoms with van der Waals surface area (Å²) in [4.78, 5) is 30.5. The third-order valence-corrected chi connectivity index (χ3v) is 3.72. The van der Waals surface area contributed by atoms with Crippen LogP contribution in [0.25, 0.3) is 6.08 Å². The number of nitrogens with zero attached hydrogens (tertiary/aromatic N) is 2. The first-order valence-corrected chi connectivity index (χ1v) is 8.01. The monoisotopic (exact) mass is 347 g/mol. The number of allylic oxidation sites excluding steroid dienone is 1. The molecule has 0 aliphatic heterocycles. The van der Waals surface area contributed by atoms with Crippen molar-refractivity contribution in [1.82, 2.24) is 9.55 Å². The Hall–Kier alpha value is -3.67. The van der Waals surface area contributed by atoms with E-state index >= 15 is 0 Å². The number of aliphatic imine (C=N–C) groups is 1. The maximum absolute atomic E-state index is 12.0. The van der Waals surface area contributed by atoms with Crippen LogP contribution in [0.3, 0.4) is 0 Å². The maximum atomic E-state index is 12.0. The molecule has 6 heteroatoms. The second-order valence-corrected chi connectivity index (χ2v) is 5.54. The van der Waals surface area contributed by atoms with Gasteiger partial charge in [-0.15, -0.1) is 0 Å². The Balaban J connectivity index is 1.89. The van der Waals surface area contributed by atoms with Gasteiger partial charge in [0.2, 0.25) is 5.88 Å². The number of para-hydroxylation sites is 1. The average Bonchev–Trinajstić information content (AvgIpc) is 2.66. The number of aromatic hydroxyl groups is 1. The standard InChI is InChI=1S/C20H17N3O3/c24-18-17(12-7-13-21-16-10-5-2-6-11-16)19(25)23(20(26)22-18)14-15-8-3-1-4-9-15/h1-13,25H,14H2,(H,22,24,26). The largest absolute Gasteiger partial charge is 0.494 e. The molecule has 2 aromatic carbocycles. The van der Waals surface area contributed by atoms with E-state index in [0.29, 0.717) is 0 Å². The topological polar surface area (TPSA) is 87.5 Å². The van der Waals surface area contributed by atoms with E-state index in [2.05, 4.69) is 9.98 Å². The van der Waals surface area contributed by atoms with E-state index in [0.717, 1.165) is 15.8 Å². The van der Waals surface area contributed by atoms with E-state index < -0.39 is 11.2 Å². The van der Waals surface area contributed by atoms with Gasteiger partial charge < -0.3 is 5.11 Å². The van der Waals surface area contributed by atoms with Gasteiger partial charge in [-0.3, -0.25) is 19.3 Å². The summed E-state index contributed by atoms with van der Waals surface area (Å²) >= 11 is 0. The Morgan fingerprint density at radius 2 is 1.65 bits per heavy atom. The van der Waals surface area contributed by atoms with Crippen molar-refractivity contribution in [2.75, 3.05) is 0 Å². The number of H-pyrrole nitrogens is 1. The molecule has 0 saturated heterocycles. The SMILES string of the molecule is O=c1[nH]c(=O)n(Cc2ccccc2)c(O)c1C=CC=Nc1ccccc1. The molecule has 26 heavy (non-hydrogen) atoms. The first-order chi connectivity index (χ1) is 12.6. The molecular weight excluding hydrogens is 330 g/mol. The maximum Gasteiger partial charge on any atom is 0.331 e. The number of rotatable bonds is 5. The molecule has 6 nitrogen and oxygen atoms in total. The fraction of sp³-hybridized carbons (Fsp3) is 0.0500. The van der Waals surface area contributed by atoms with Gasteiger partial charge in [0.1, 0.15) is 5.56 Å². The van der Waals surface area contributed by atoms with E-state index in [1.54, 1.807) is 0 Å². The van der Waals surface area contributed by atoms with Gasteiger partial charge in [0.25, 0.3) is 5.56 Å². The normalized spacial score (nSPS) is 11.4. The Morgan fingerprint density at radius 1 is 1.00 bits per heavy atom. The average molecular weight is 347 g/mol. The first kappa shape index (κ1) is 17.2. The van der Waals surface area contributed by atoms with E-state index in [4.69, 9.17) is 0 Å². The van der Waals surface area contributed by atoms with E-state index in [9.17, 15) is 14.7 Å². The van der Waals surface area contributed by atoms with Crippen LogP contribution in [0.1, 0.15) is 11.1 Å². The van der Waals surface area contributed by atoms with Crippen LogP contribution in [-0.4, -0.2) is 20.9 Å². The smallest absolute Gasteiger partial charge is 0.331 e. The van der Waals surface area contributed by atoms with Crippen molar-refractivity contribution in [2.45, 2.75) is 6.54 Å². The quantitative estimate of drug-likeness (QED) is 0.696. The molecule has 0 spiro atoms. The summed E-state index contributed by atoms with van der Waals surface area (Å²) in [5.41, 5.74) is 0.287. The second kappa shape index (κ2) is 7.94. The molecule has 2 N–H and O–H groups in total. The highest BCUT2D eigenvalue weighted by Crippen LogP contribution is 2.14. The van der Waals surface area contributed by atoms with Crippen molar-refractivity contribution < 1.29 is 5.11 Å². The molecule has 0 saturated carbocycles. The van der Waals surface area contributed by atoms with E-state index in [-0.39, 0.29) is 18.0 Å². The molecule has 0 aliphatic carbocycles. The highest BCUT2D eigenvalue weighted by molar-refractivity contribution is 5.80. The van der Waals surface area contributed by atoms with Crippen molar-refractivity contribution in [3.63, 3.8) is 0 Å². The van der Waals surface area contributed by atoms with Gasteiger partial charge in [-0.25, -0.2) is 4.79 Å². The summed E-state index contributed by atoms with van der Waals surface area (Å²) in [6, 6.07) is 18.5. The minimum atomic E-state index is -0.661. The number of aromatic nitrogens is 2. The Kier molecular flexibility index (Phi) is 5.24. The third-order valence-electron chi connectivity index (χ3n) is 3.72. The third kappa shape index (κ3) is 4.05. The molecule has 1 aromatic heterocycles. The van der Waals surface area contributed by atoms with Crippen LogP contribution in [0.15, 0.2) is 81.3 Å². The van der Waals surface area contributed by atoms with Crippen molar-refractivity contribution >= 4 is 18.0 Å². The lowest BCUT2D eigenvalue weighted by Gasteiger charge is -2.09. The van der Waals surface area contributed by atoms with Crippen LogP contribution in [0.4, 0.5) is 5.69 Å². The lowest BCUT2D eigenvalue weighted by molar-refractivity contribution is 0.408. The molecule has 3 rings (SSSR count). The number of aromatic amines is 1. The van der Waals surface area contributed by atoms with E-state index in [1.165, 1.54) is 18.4 Å². The van der Waals surface area contributed by atoms with Crippen molar-refractivity contribution in [3.05, 3.63) is 98.7 Å². The summed E-state index contributed by atoms with van der Waals surface area (Å²) in [5, 5.41) is 10.4. The van der Waals surface area contributed by atoms with Gasteiger partial charge >= 0.3 is 5.69 Å². The predicted octanol–water partition coefficient (Wildman–Crippen LogP) is 2.71. The first-order valence-electron chi connectivity index (χ1n) is 8.01. The van der Waals surface area contributed by atoms with Gasteiger partial charge in [-0.05, 0) is 29.8 Å². The van der Waals surface area contributed by atoms with Gasteiger partial charge in [0.15, 0.2) is 0 Å². The van der Waals surface area contributed by atoms with Crippen LogP contribution in [0.2, 0.25) is 0 Å². The number of hydrogen-bond donors (Lipinski definition) is 2. The zero-order chi connectivity index (χ0) is 18.4. The molecule has 3 aromatic rings. The second-order valence-electron chi connectivity index (χ2n) is 5.54. The molecule has 0 unspecified atom stereocenters. The molecule has 0 amide bonds. The van der Waals surface area contributed by atoms with Gasteiger partial charge in [-0.1, -0.05) is 48.5 Å². The lowest BCUT2D eigenvalue weighted by atomic mass is 10.2. The fourth-order valence-electron chi connectivity index (χ4n) is 2.42. The number of hydrogen-bond acceptors (Lipinski definition) is 4. The van der Waals surface area contributed by atoms with Crippen LogP contribution in [-0.2, 0) is 6.54 Å². The molecule has 0 atom stereocenters.